The van der Waals surface area contributed by atoms with E-state index in [0.29, 0.717) is 0 Å². The molecule has 0 saturated carbocycles. The van der Waals surface area contributed by atoms with Gasteiger partial charge in [0.15, 0.2) is 5.30 Å². The number of benzene rings is 2. The largest absolute Gasteiger partial charge is 0.626 e. The molecule has 0 fully saturated rings. The summed E-state index contributed by atoms with van der Waals surface area (Å²) in [7, 11) is -3.55. The van der Waals surface area contributed by atoms with Crippen LogP contribution in [0.3, 0.4) is 0 Å². The van der Waals surface area contributed by atoms with Crippen LogP contribution in [-0.2, 0) is 16.2 Å². The highest BCUT2D eigenvalue weighted by Gasteiger charge is 2.37. The summed E-state index contributed by atoms with van der Waals surface area (Å²) in [4.78, 5) is 15.8. The van der Waals surface area contributed by atoms with Crippen LogP contribution >= 0.6 is 7.77 Å². The van der Waals surface area contributed by atoms with Gasteiger partial charge in [-0.15, -0.1) is 0 Å². The van der Waals surface area contributed by atoms with Gasteiger partial charge in [-0.2, -0.15) is 0 Å². The first-order valence-corrected chi connectivity index (χ1v) is 16.2. The second-order valence-electron chi connectivity index (χ2n) is 12.9. The van der Waals surface area contributed by atoms with Crippen LogP contribution in [0, 0.1) is 0 Å². The molecule has 1 atom stereocenters. The van der Waals surface area contributed by atoms with E-state index in [1.165, 1.54) is 21.6 Å². The summed E-state index contributed by atoms with van der Waals surface area (Å²) in [6.45, 7) is 27.3. The molecule has 2 aromatic rings. The molecule has 0 aliphatic heterocycles. The zero-order valence-corrected chi connectivity index (χ0v) is 23.8. The fourth-order valence-electron chi connectivity index (χ4n) is 3.99. The first-order chi connectivity index (χ1) is 13.8. The lowest BCUT2D eigenvalue weighted by atomic mass is 9.75. The van der Waals surface area contributed by atoms with Crippen molar-refractivity contribution in [2.45, 2.75) is 98.2 Å². The van der Waals surface area contributed by atoms with Gasteiger partial charge in [0.2, 0.25) is 0 Å². The Morgan fingerprint density at radius 2 is 1.13 bits per heavy atom. The molecular weight excluding hydrogens is 411 g/mol. The summed E-state index contributed by atoms with van der Waals surface area (Å²) in [5.41, 5.74) is 4.78. The predicted molar refractivity (Wildman–Crippen MR) is 143 cm³/mol. The molecule has 31 heavy (non-hydrogen) atoms. The summed E-state index contributed by atoms with van der Waals surface area (Å²) in [5.74, 6) is 0. The molecule has 0 N–H and O–H groups in total. The van der Waals surface area contributed by atoms with Crippen molar-refractivity contribution in [3.63, 3.8) is 0 Å². The Kier molecular flexibility index (Phi) is 7.24. The van der Waals surface area contributed by atoms with Crippen LogP contribution in [-0.4, -0.2) is 13.0 Å². The minimum Gasteiger partial charge on any atom is -0.626 e. The standard InChI is InChI=1S/C28H43OPSi/c1-26(2,3)21-18-22(27(4,5)6)24(23(19-21)28(7,8)9)30(29)25(31(10,11)12)20-16-14-13-15-17-20/h13-19H,1-12H3. The Hall–Kier alpha value is -1.21. The van der Waals surface area contributed by atoms with Crippen molar-refractivity contribution in [2.24, 2.45) is 0 Å². The molecule has 0 bridgehead atoms. The average molecular weight is 455 g/mol. The maximum absolute atomic E-state index is 14.6. The van der Waals surface area contributed by atoms with E-state index in [9.17, 15) is 4.89 Å². The van der Waals surface area contributed by atoms with E-state index < -0.39 is 15.8 Å². The molecule has 1 unspecified atom stereocenters. The third-order valence-electron chi connectivity index (χ3n) is 5.76. The van der Waals surface area contributed by atoms with Gasteiger partial charge in [-0.1, -0.05) is 124 Å². The Bertz CT molecular complexity index is 924. The maximum atomic E-state index is 14.6. The molecule has 1 nitrogen and oxygen atoms in total. The van der Waals surface area contributed by atoms with Crippen LogP contribution in [0.25, 0.3) is 0 Å². The lowest BCUT2D eigenvalue weighted by molar-refractivity contribution is -0.149. The number of hydrogen-bond acceptors (Lipinski definition) is 1. The molecule has 0 saturated heterocycles. The van der Waals surface area contributed by atoms with Crippen LogP contribution in [0.1, 0.15) is 84.6 Å². The molecule has 2 rings (SSSR count). The average Bonchev–Trinajstić information content (AvgIpc) is 2.58. The van der Waals surface area contributed by atoms with Crippen molar-refractivity contribution in [3.8, 4) is 0 Å². The van der Waals surface area contributed by atoms with E-state index in [2.05, 4.69) is 118 Å². The third-order valence-corrected chi connectivity index (χ3v) is 11.6. The van der Waals surface area contributed by atoms with E-state index in [4.69, 9.17) is 0 Å². The molecule has 0 aliphatic rings. The van der Waals surface area contributed by atoms with Gasteiger partial charge in [-0.05, 0) is 21.8 Å². The minimum atomic E-state index is -1.85. The van der Waals surface area contributed by atoms with Crippen LogP contribution in [0.5, 0.6) is 0 Å². The fraction of sp³-hybridized carbons (Fsp3) is 0.536. The first-order valence-electron chi connectivity index (χ1n) is 11.4. The lowest BCUT2D eigenvalue weighted by Gasteiger charge is -2.32. The van der Waals surface area contributed by atoms with Crippen molar-refractivity contribution < 1.29 is 4.89 Å². The molecule has 0 aromatic heterocycles. The summed E-state index contributed by atoms with van der Waals surface area (Å²) >= 11 is 0. The van der Waals surface area contributed by atoms with E-state index >= 15 is 0 Å². The summed E-state index contributed by atoms with van der Waals surface area (Å²) in [6.07, 6.45) is 0. The number of hydrogen-bond donors (Lipinski definition) is 0. The van der Waals surface area contributed by atoms with E-state index in [1.54, 1.807) is 0 Å². The van der Waals surface area contributed by atoms with Crippen LogP contribution in [0.15, 0.2) is 42.5 Å². The minimum absolute atomic E-state index is 0.0366. The molecule has 0 spiro atoms. The highest BCUT2D eigenvalue weighted by Crippen LogP contribution is 2.39. The van der Waals surface area contributed by atoms with Crippen LogP contribution < -0.4 is 10.2 Å². The van der Waals surface area contributed by atoms with Crippen molar-refractivity contribution in [1.29, 1.82) is 0 Å². The summed E-state index contributed by atoms with van der Waals surface area (Å²) in [5, 5.41) is 1.07. The molecule has 0 radical (unpaired) electrons. The molecule has 2 aromatic carbocycles. The quantitative estimate of drug-likeness (QED) is 0.360. The van der Waals surface area contributed by atoms with Gasteiger partial charge in [0.25, 0.3) is 0 Å². The Morgan fingerprint density at radius 1 is 0.710 bits per heavy atom. The van der Waals surface area contributed by atoms with Gasteiger partial charge in [0, 0.05) is 16.7 Å². The molecular formula is C28H43OPSi. The highest BCUT2D eigenvalue weighted by molar-refractivity contribution is 7.67. The molecule has 0 heterocycles. The Balaban J connectivity index is 3.11. The van der Waals surface area contributed by atoms with E-state index in [-0.39, 0.29) is 16.2 Å². The normalized spacial score (nSPS) is 14.5. The predicted octanol–water partition coefficient (Wildman–Crippen LogP) is 7.06. The summed E-state index contributed by atoms with van der Waals surface area (Å²) < 4.78 is 0. The maximum Gasteiger partial charge on any atom is 0.152 e. The van der Waals surface area contributed by atoms with Crippen LogP contribution in [0.2, 0.25) is 19.6 Å². The first kappa shape index (κ1) is 26.0. The second-order valence-corrected chi connectivity index (χ2v) is 19.8. The fourth-order valence-corrected chi connectivity index (χ4v) is 9.64. The van der Waals surface area contributed by atoms with E-state index in [0.717, 1.165) is 10.9 Å². The number of rotatable bonds is 3. The SMILES string of the molecule is CC(C)(C)c1cc(C(C)(C)C)c(/[P+]([O-])=C(\c2ccccc2)[Si](C)(C)C)c(C(C)(C)C)c1. The third kappa shape index (κ3) is 5.98. The molecule has 170 valence electrons. The monoisotopic (exact) mass is 454 g/mol. The smallest absolute Gasteiger partial charge is 0.152 e. The van der Waals surface area contributed by atoms with Gasteiger partial charge in [0.1, 0.15) is 13.0 Å². The topological polar surface area (TPSA) is 23.1 Å². The zero-order chi connectivity index (χ0) is 24.0. The van der Waals surface area contributed by atoms with Gasteiger partial charge in [-0.3, -0.25) is 0 Å². The lowest BCUT2D eigenvalue weighted by Crippen LogP contribution is -2.39. The second kappa shape index (κ2) is 8.62. The van der Waals surface area contributed by atoms with Gasteiger partial charge in [0.05, 0.1) is 7.77 Å². The molecule has 0 aliphatic carbocycles. The van der Waals surface area contributed by atoms with Crippen molar-refractivity contribution in [1.82, 2.24) is 0 Å². The van der Waals surface area contributed by atoms with Gasteiger partial charge >= 0.3 is 0 Å². The van der Waals surface area contributed by atoms with Crippen LogP contribution in [0.4, 0.5) is 0 Å². The highest BCUT2D eigenvalue weighted by atomic mass is 31.1. The molecule has 3 heteroatoms. The van der Waals surface area contributed by atoms with Gasteiger partial charge < -0.3 is 4.89 Å². The van der Waals surface area contributed by atoms with Crippen molar-refractivity contribution >= 4 is 26.1 Å². The van der Waals surface area contributed by atoms with Gasteiger partial charge in [-0.25, -0.2) is 0 Å². The van der Waals surface area contributed by atoms with E-state index in [1.807, 2.05) is 6.07 Å². The Morgan fingerprint density at radius 3 is 1.45 bits per heavy atom. The Labute approximate surface area is 193 Å². The van der Waals surface area contributed by atoms with Crippen molar-refractivity contribution in [3.05, 3.63) is 64.7 Å². The summed E-state index contributed by atoms with van der Waals surface area (Å²) in [6, 6.07) is 15.1. The van der Waals surface area contributed by atoms with Crippen molar-refractivity contribution in [2.75, 3.05) is 0 Å². The molecule has 0 amide bonds. The zero-order valence-electron chi connectivity index (χ0n) is 21.9.